The Morgan fingerprint density at radius 2 is 1.82 bits per heavy atom. The van der Waals surface area contributed by atoms with Crippen molar-refractivity contribution in [2.45, 2.75) is 18.9 Å². The third kappa shape index (κ3) is 4.35. The Kier molecular flexibility index (Phi) is 5.69. The molecule has 3 aromatic rings. The third-order valence-electron chi connectivity index (χ3n) is 4.30. The van der Waals surface area contributed by atoms with Crippen LogP contribution >= 0.6 is 0 Å². The largest absolute Gasteiger partial charge is 0.508 e. The molecule has 0 saturated carbocycles. The molecular formula is C20H19N3O5. The molecule has 0 aliphatic rings. The molecule has 0 bridgehead atoms. The first-order chi connectivity index (χ1) is 13.5. The third-order valence-corrected chi connectivity index (χ3v) is 4.30. The van der Waals surface area contributed by atoms with E-state index in [9.17, 15) is 19.5 Å². The van der Waals surface area contributed by atoms with Crippen LogP contribution in [0.25, 0.3) is 10.8 Å². The number of nitrogens with one attached hydrogen (secondary N) is 2. The van der Waals surface area contributed by atoms with E-state index < -0.39 is 17.9 Å². The molecule has 0 unspecified atom stereocenters. The molecule has 1 atom stereocenters. The number of aromatic nitrogens is 2. The highest BCUT2D eigenvalue weighted by atomic mass is 16.5. The number of hydrogen-bond donors (Lipinski definition) is 3. The van der Waals surface area contributed by atoms with Gasteiger partial charge in [0.1, 0.15) is 11.8 Å². The zero-order valence-electron chi connectivity index (χ0n) is 15.1. The number of hydrogen-bond acceptors (Lipinski definition) is 6. The Hall–Kier alpha value is -3.68. The normalized spacial score (nSPS) is 11.8. The smallest absolute Gasteiger partial charge is 0.328 e. The predicted molar refractivity (Wildman–Crippen MR) is 102 cm³/mol. The van der Waals surface area contributed by atoms with Crippen molar-refractivity contribution < 1.29 is 19.4 Å². The number of benzene rings is 2. The van der Waals surface area contributed by atoms with E-state index in [1.807, 2.05) is 0 Å². The summed E-state index contributed by atoms with van der Waals surface area (Å²) in [5.41, 5.74) is 0.821. The van der Waals surface area contributed by atoms with Crippen LogP contribution in [0.3, 0.4) is 0 Å². The number of phenolic OH excluding ortho intramolecular Hbond substituents is 1. The van der Waals surface area contributed by atoms with Crippen molar-refractivity contribution in [2.75, 3.05) is 7.11 Å². The second-order valence-electron chi connectivity index (χ2n) is 6.24. The number of nitrogens with zero attached hydrogens (tertiary/aromatic N) is 1. The SMILES string of the molecule is COC(=O)[C@@H](Cc1ccc(O)cc1)NC(=O)Cc1n[nH]c(=O)c2ccccc12. The second kappa shape index (κ2) is 8.34. The molecule has 3 rings (SSSR count). The molecule has 28 heavy (non-hydrogen) atoms. The van der Waals surface area contributed by atoms with Crippen molar-refractivity contribution in [3.8, 4) is 5.75 Å². The van der Waals surface area contributed by atoms with Crippen molar-refractivity contribution in [2.24, 2.45) is 0 Å². The average Bonchev–Trinajstić information content (AvgIpc) is 2.71. The number of fused-ring (bicyclic) bond motifs is 1. The molecule has 0 saturated heterocycles. The number of phenols is 1. The van der Waals surface area contributed by atoms with Crippen LogP contribution in [0.4, 0.5) is 0 Å². The van der Waals surface area contributed by atoms with E-state index in [1.54, 1.807) is 36.4 Å². The highest BCUT2D eigenvalue weighted by Crippen LogP contribution is 2.14. The molecule has 0 fully saturated rings. The molecule has 1 heterocycles. The van der Waals surface area contributed by atoms with Gasteiger partial charge in [0, 0.05) is 11.8 Å². The van der Waals surface area contributed by atoms with Crippen LogP contribution in [0.5, 0.6) is 5.75 Å². The minimum atomic E-state index is -0.893. The highest BCUT2D eigenvalue weighted by molar-refractivity contribution is 5.90. The zero-order chi connectivity index (χ0) is 20.1. The summed E-state index contributed by atoms with van der Waals surface area (Å²) < 4.78 is 4.78. The molecule has 8 nitrogen and oxygen atoms in total. The molecule has 144 valence electrons. The molecule has 1 amide bonds. The molecule has 0 spiro atoms. The lowest BCUT2D eigenvalue weighted by Gasteiger charge is -2.17. The number of aromatic hydroxyl groups is 1. The Bertz CT molecular complexity index is 1060. The standard InChI is InChI=1S/C20H19N3O5/c1-28-20(27)17(10-12-6-8-13(24)9-7-12)21-18(25)11-16-14-4-2-3-5-15(14)19(26)23-22-16/h2-9,17,24H,10-11H2,1H3,(H,21,25)(H,23,26)/t17-/m1/s1. The van der Waals surface area contributed by atoms with Crippen LogP contribution in [0.1, 0.15) is 11.3 Å². The highest BCUT2D eigenvalue weighted by Gasteiger charge is 2.23. The minimum absolute atomic E-state index is 0.110. The predicted octanol–water partition coefficient (Wildman–Crippen LogP) is 1.07. The molecule has 8 heteroatoms. The Labute approximate surface area is 160 Å². The van der Waals surface area contributed by atoms with Gasteiger partial charge in [0.05, 0.1) is 24.6 Å². The maximum Gasteiger partial charge on any atom is 0.328 e. The van der Waals surface area contributed by atoms with E-state index in [1.165, 1.54) is 19.2 Å². The summed E-state index contributed by atoms with van der Waals surface area (Å²) in [5, 5.41) is 19.4. The van der Waals surface area contributed by atoms with Gasteiger partial charge in [-0.25, -0.2) is 9.89 Å². The fraction of sp³-hybridized carbons (Fsp3) is 0.200. The van der Waals surface area contributed by atoms with Crippen LogP contribution in [0.15, 0.2) is 53.3 Å². The summed E-state index contributed by atoms with van der Waals surface area (Å²) in [7, 11) is 1.25. The number of ether oxygens (including phenoxy) is 1. The minimum Gasteiger partial charge on any atom is -0.508 e. The van der Waals surface area contributed by atoms with Gasteiger partial charge in [-0.05, 0) is 23.8 Å². The van der Waals surface area contributed by atoms with Gasteiger partial charge in [-0.1, -0.05) is 30.3 Å². The Balaban J connectivity index is 1.77. The maximum absolute atomic E-state index is 12.5. The zero-order valence-corrected chi connectivity index (χ0v) is 15.1. The number of H-pyrrole nitrogens is 1. The topological polar surface area (TPSA) is 121 Å². The van der Waals surface area contributed by atoms with Crippen LogP contribution in [-0.4, -0.2) is 40.3 Å². The summed E-state index contributed by atoms with van der Waals surface area (Å²) in [6, 6.07) is 12.3. The van der Waals surface area contributed by atoms with Gasteiger partial charge in [0.2, 0.25) is 5.91 Å². The molecule has 1 aromatic heterocycles. The molecule has 0 aliphatic carbocycles. The van der Waals surface area contributed by atoms with Gasteiger partial charge in [-0.3, -0.25) is 9.59 Å². The molecule has 2 aromatic carbocycles. The number of amides is 1. The van der Waals surface area contributed by atoms with E-state index in [4.69, 9.17) is 4.74 Å². The first kappa shape index (κ1) is 19.1. The average molecular weight is 381 g/mol. The molecular weight excluding hydrogens is 362 g/mol. The summed E-state index contributed by atoms with van der Waals surface area (Å²) >= 11 is 0. The van der Waals surface area contributed by atoms with E-state index in [0.717, 1.165) is 5.56 Å². The number of esters is 1. The summed E-state index contributed by atoms with van der Waals surface area (Å²) in [5.74, 6) is -0.905. The maximum atomic E-state index is 12.5. The van der Waals surface area contributed by atoms with E-state index in [0.29, 0.717) is 16.5 Å². The van der Waals surface area contributed by atoms with Gasteiger partial charge in [0.15, 0.2) is 0 Å². The first-order valence-electron chi connectivity index (χ1n) is 8.59. The van der Waals surface area contributed by atoms with Crippen molar-refractivity contribution >= 4 is 22.6 Å². The Morgan fingerprint density at radius 1 is 1.14 bits per heavy atom. The summed E-state index contributed by atoms with van der Waals surface area (Å²) in [4.78, 5) is 36.5. The fourth-order valence-electron chi connectivity index (χ4n) is 2.91. The van der Waals surface area contributed by atoms with Crippen molar-refractivity contribution in [1.82, 2.24) is 15.5 Å². The lowest BCUT2D eigenvalue weighted by atomic mass is 10.0. The number of aromatic amines is 1. The van der Waals surface area contributed by atoms with E-state index in [2.05, 4.69) is 15.5 Å². The van der Waals surface area contributed by atoms with Crippen LogP contribution < -0.4 is 10.9 Å². The number of rotatable bonds is 6. The summed E-state index contributed by atoms with van der Waals surface area (Å²) in [6.45, 7) is 0. The lowest BCUT2D eigenvalue weighted by Crippen LogP contribution is -2.43. The van der Waals surface area contributed by atoms with Gasteiger partial charge in [0.25, 0.3) is 5.56 Å². The van der Waals surface area contributed by atoms with Gasteiger partial charge >= 0.3 is 5.97 Å². The number of methoxy groups -OCH3 is 1. The number of carbonyl (C=O) groups excluding carboxylic acids is 2. The Morgan fingerprint density at radius 3 is 2.50 bits per heavy atom. The fourth-order valence-corrected chi connectivity index (χ4v) is 2.91. The first-order valence-corrected chi connectivity index (χ1v) is 8.59. The van der Waals surface area contributed by atoms with Crippen molar-refractivity contribution in [3.05, 3.63) is 70.1 Å². The van der Waals surface area contributed by atoms with Gasteiger partial charge in [-0.2, -0.15) is 5.10 Å². The van der Waals surface area contributed by atoms with Crippen LogP contribution in [0.2, 0.25) is 0 Å². The quantitative estimate of drug-likeness (QED) is 0.549. The summed E-state index contributed by atoms with van der Waals surface area (Å²) in [6.07, 6.45) is 0.0961. The van der Waals surface area contributed by atoms with Gasteiger partial charge < -0.3 is 15.2 Å². The van der Waals surface area contributed by atoms with Crippen LogP contribution in [0, 0.1) is 0 Å². The van der Waals surface area contributed by atoms with E-state index in [-0.39, 0.29) is 24.2 Å². The van der Waals surface area contributed by atoms with Gasteiger partial charge in [-0.15, -0.1) is 0 Å². The van der Waals surface area contributed by atoms with Crippen molar-refractivity contribution in [1.29, 1.82) is 0 Å². The van der Waals surface area contributed by atoms with Crippen LogP contribution in [-0.2, 0) is 27.2 Å². The van der Waals surface area contributed by atoms with Crippen molar-refractivity contribution in [3.63, 3.8) is 0 Å². The van der Waals surface area contributed by atoms with E-state index >= 15 is 0 Å². The molecule has 0 radical (unpaired) electrons. The molecule has 3 N–H and O–H groups in total. The molecule has 0 aliphatic heterocycles. The second-order valence-corrected chi connectivity index (χ2v) is 6.24. The lowest BCUT2D eigenvalue weighted by molar-refractivity contribution is -0.145. The monoisotopic (exact) mass is 381 g/mol. The number of carbonyl (C=O) groups is 2.